The zero-order chi connectivity index (χ0) is 20.7. The number of pyridine rings is 1. The van der Waals surface area contributed by atoms with Crippen LogP contribution in [-0.4, -0.2) is 37.0 Å². The Kier molecular flexibility index (Phi) is 4.38. The van der Waals surface area contributed by atoms with Crippen molar-refractivity contribution < 1.29 is 4.74 Å². The van der Waals surface area contributed by atoms with E-state index in [-0.39, 0.29) is 5.65 Å². The molecule has 0 radical (unpaired) electrons. The number of aromatic nitrogens is 5. The van der Waals surface area contributed by atoms with Gasteiger partial charge in [0.05, 0.1) is 24.5 Å². The lowest BCUT2D eigenvalue weighted by Gasteiger charge is -2.03. The minimum absolute atomic E-state index is 0.288. The van der Waals surface area contributed by atoms with E-state index in [4.69, 9.17) is 4.74 Å². The van der Waals surface area contributed by atoms with E-state index in [9.17, 15) is 9.59 Å². The molecule has 0 aliphatic carbocycles. The molecule has 0 fully saturated rings. The summed E-state index contributed by atoms with van der Waals surface area (Å²) in [6.45, 7) is 0. The van der Waals surface area contributed by atoms with Crippen LogP contribution < -0.4 is 21.4 Å². The smallest absolute Gasteiger partial charge is 0.332 e. The molecule has 29 heavy (non-hydrogen) atoms. The second kappa shape index (κ2) is 6.89. The Labute approximate surface area is 164 Å². The Balaban J connectivity index is 1.65. The molecule has 10 nitrogen and oxygen atoms in total. The zero-order valence-electron chi connectivity index (χ0n) is 16.4. The second-order valence-electron chi connectivity index (χ2n) is 6.54. The molecule has 0 atom stereocenters. The molecule has 0 saturated carbocycles. The molecule has 3 aromatic heterocycles. The minimum atomic E-state index is -0.437. The fourth-order valence-corrected chi connectivity index (χ4v) is 3.09. The van der Waals surface area contributed by atoms with Crippen LogP contribution in [0.1, 0.15) is 5.69 Å². The largest absolute Gasteiger partial charge is 0.497 e. The van der Waals surface area contributed by atoms with Crippen molar-refractivity contribution in [3.05, 3.63) is 56.9 Å². The van der Waals surface area contributed by atoms with E-state index in [0.29, 0.717) is 17.2 Å². The van der Waals surface area contributed by atoms with Crippen molar-refractivity contribution in [1.29, 1.82) is 0 Å². The molecule has 1 aromatic carbocycles. The molecular formula is C19H19N7O3. The third-order valence-corrected chi connectivity index (χ3v) is 4.75. The number of imidazole rings is 1. The van der Waals surface area contributed by atoms with Gasteiger partial charge in [-0.1, -0.05) is 6.07 Å². The highest BCUT2D eigenvalue weighted by atomic mass is 16.5. The van der Waals surface area contributed by atoms with Crippen molar-refractivity contribution in [2.24, 2.45) is 26.2 Å². The maximum atomic E-state index is 12.4. The van der Waals surface area contributed by atoms with Gasteiger partial charge in [-0.05, 0) is 24.3 Å². The molecule has 4 rings (SSSR count). The van der Waals surface area contributed by atoms with Gasteiger partial charge >= 0.3 is 5.69 Å². The molecule has 0 aliphatic rings. The van der Waals surface area contributed by atoms with Crippen LogP contribution in [0.4, 0.5) is 5.95 Å². The Morgan fingerprint density at radius 2 is 1.83 bits per heavy atom. The van der Waals surface area contributed by atoms with E-state index in [0.717, 1.165) is 21.2 Å². The topological polar surface area (TPSA) is 108 Å². The molecule has 10 heteroatoms. The Morgan fingerprint density at radius 3 is 2.59 bits per heavy atom. The normalized spacial score (nSPS) is 11.6. The summed E-state index contributed by atoms with van der Waals surface area (Å²) in [5.74, 6) is 1.10. The average molecular weight is 393 g/mol. The van der Waals surface area contributed by atoms with Gasteiger partial charge in [0.25, 0.3) is 5.56 Å². The maximum absolute atomic E-state index is 12.4. The molecule has 0 amide bonds. The van der Waals surface area contributed by atoms with Crippen molar-refractivity contribution in [2.45, 2.75) is 0 Å². The van der Waals surface area contributed by atoms with E-state index in [1.165, 1.54) is 11.6 Å². The predicted octanol–water partition coefficient (Wildman–Crippen LogP) is 0.973. The molecular weight excluding hydrogens is 374 g/mol. The van der Waals surface area contributed by atoms with Crippen molar-refractivity contribution >= 4 is 34.2 Å². The summed E-state index contributed by atoms with van der Waals surface area (Å²) in [7, 11) is 6.30. The number of nitrogens with zero attached hydrogens (tertiary/aromatic N) is 6. The zero-order valence-corrected chi connectivity index (χ0v) is 16.4. The standard InChI is InChI=1S/C19H19N7O3/c1-24-15-16(25(2)19(28)26(3)17(15)27)22-18(24)23-20-10-12-6-5-11-9-13(29-4)7-8-14(11)21-12/h5-10H,1-4H3,(H,22,23)/b20-10-. The highest BCUT2D eigenvalue weighted by Crippen LogP contribution is 2.19. The van der Waals surface area contributed by atoms with Crippen LogP contribution in [0.5, 0.6) is 5.75 Å². The van der Waals surface area contributed by atoms with Crippen molar-refractivity contribution in [2.75, 3.05) is 12.5 Å². The quantitative estimate of drug-likeness (QED) is 0.409. The molecule has 0 spiro atoms. The number of anilines is 1. The lowest BCUT2D eigenvalue weighted by atomic mass is 10.2. The first-order valence-corrected chi connectivity index (χ1v) is 8.77. The number of aryl methyl sites for hydroxylation is 2. The van der Waals surface area contributed by atoms with Crippen LogP contribution in [0.25, 0.3) is 22.1 Å². The first kappa shape index (κ1) is 18.4. The van der Waals surface area contributed by atoms with Gasteiger partial charge in [-0.25, -0.2) is 15.2 Å². The fourth-order valence-electron chi connectivity index (χ4n) is 3.09. The van der Waals surface area contributed by atoms with Crippen molar-refractivity contribution in [1.82, 2.24) is 23.7 Å². The van der Waals surface area contributed by atoms with E-state index < -0.39 is 11.2 Å². The van der Waals surface area contributed by atoms with E-state index in [1.807, 2.05) is 30.3 Å². The number of ether oxygens (including phenoxy) is 1. The summed E-state index contributed by atoms with van der Waals surface area (Å²) in [5.41, 5.74) is 4.02. The minimum Gasteiger partial charge on any atom is -0.497 e. The van der Waals surface area contributed by atoms with Crippen LogP contribution in [-0.2, 0) is 21.1 Å². The number of hydrogen-bond acceptors (Lipinski definition) is 7. The number of methoxy groups -OCH3 is 1. The van der Waals surface area contributed by atoms with Gasteiger partial charge in [-0.15, -0.1) is 0 Å². The summed E-state index contributed by atoms with van der Waals surface area (Å²) in [5, 5.41) is 5.13. The Morgan fingerprint density at radius 1 is 1.03 bits per heavy atom. The summed E-state index contributed by atoms with van der Waals surface area (Å²) in [6, 6.07) is 9.40. The summed E-state index contributed by atoms with van der Waals surface area (Å²) in [4.78, 5) is 33.3. The van der Waals surface area contributed by atoms with Gasteiger partial charge in [0.2, 0.25) is 5.95 Å². The van der Waals surface area contributed by atoms with Gasteiger partial charge < -0.3 is 9.30 Å². The van der Waals surface area contributed by atoms with E-state index in [2.05, 4.69) is 20.5 Å². The molecule has 0 unspecified atom stereocenters. The maximum Gasteiger partial charge on any atom is 0.332 e. The van der Waals surface area contributed by atoms with Crippen molar-refractivity contribution in [3.63, 3.8) is 0 Å². The number of rotatable bonds is 4. The predicted molar refractivity (Wildman–Crippen MR) is 111 cm³/mol. The van der Waals surface area contributed by atoms with Gasteiger partial charge in [-0.3, -0.25) is 13.9 Å². The average Bonchev–Trinajstić information content (AvgIpc) is 3.06. The third-order valence-electron chi connectivity index (χ3n) is 4.75. The lowest BCUT2D eigenvalue weighted by Crippen LogP contribution is -2.37. The van der Waals surface area contributed by atoms with Gasteiger partial charge in [0.1, 0.15) is 5.75 Å². The van der Waals surface area contributed by atoms with Crippen LogP contribution in [0.2, 0.25) is 0 Å². The molecule has 0 aliphatic heterocycles. The monoisotopic (exact) mass is 393 g/mol. The lowest BCUT2D eigenvalue weighted by molar-refractivity contribution is 0.415. The third kappa shape index (κ3) is 3.04. The number of fused-ring (bicyclic) bond motifs is 2. The highest BCUT2D eigenvalue weighted by molar-refractivity contribution is 5.86. The molecule has 148 valence electrons. The second-order valence-corrected chi connectivity index (χ2v) is 6.54. The summed E-state index contributed by atoms with van der Waals surface area (Å²) in [6.07, 6.45) is 1.56. The number of nitrogens with one attached hydrogen (secondary N) is 1. The molecule has 3 heterocycles. The molecule has 0 saturated heterocycles. The Hall–Kier alpha value is -3.95. The first-order valence-electron chi connectivity index (χ1n) is 8.77. The Bertz CT molecular complexity index is 1400. The number of hydrogen-bond donors (Lipinski definition) is 1. The molecule has 4 aromatic rings. The molecule has 0 bridgehead atoms. The summed E-state index contributed by atoms with van der Waals surface area (Å²) >= 11 is 0. The van der Waals surface area contributed by atoms with Crippen LogP contribution in [0.3, 0.4) is 0 Å². The molecule has 1 N–H and O–H groups in total. The van der Waals surface area contributed by atoms with Gasteiger partial charge in [0, 0.05) is 26.5 Å². The van der Waals surface area contributed by atoms with E-state index in [1.54, 1.807) is 32.0 Å². The van der Waals surface area contributed by atoms with Crippen molar-refractivity contribution in [3.8, 4) is 5.75 Å². The number of benzene rings is 1. The van der Waals surface area contributed by atoms with E-state index >= 15 is 0 Å². The highest BCUT2D eigenvalue weighted by Gasteiger charge is 2.16. The number of hydrazone groups is 1. The van der Waals surface area contributed by atoms with Gasteiger partial charge in [0.15, 0.2) is 11.2 Å². The van der Waals surface area contributed by atoms with Crippen LogP contribution >= 0.6 is 0 Å². The van der Waals surface area contributed by atoms with Crippen LogP contribution in [0.15, 0.2) is 45.0 Å². The van der Waals surface area contributed by atoms with Crippen LogP contribution in [0, 0.1) is 0 Å². The SMILES string of the molecule is COc1ccc2nc(/C=N\Nc3nc4c(c(=O)n(C)c(=O)n4C)n3C)ccc2c1. The first-order chi connectivity index (χ1) is 13.9. The fraction of sp³-hybridized carbons (Fsp3) is 0.211. The summed E-state index contributed by atoms with van der Waals surface area (Å²) < 4.78 is 9.15. The van der Waals surface area contributed by atoms with Gasteiger partial charge in [-0.2, -0.15) is 10.1 Å².